The molecule has 31 heavy (non-hydrogen) atoms. The van der Waals surface area contributed by atoms with E-state index in [1.54, 1.807) is 12.1 Å². The SMILES string of the molecule is O=C(NCc1cccc(CN2CCOCC2)c1)c1ccc(N2CCCC2)c([N+](=O)[O-])c1. The van der Waals surface area contributed by atoms with Gasteiger partial charge in [-0.15, -0.1) is 0 Å². The lowest BCUT2D eigenvalue weighted by atomic mass is 10.1. The third-order valence-electron chi connectivity index (χ3n) is 5.84. The van der Waals surface area contributed by atoms with Crippen LogP contribution in [-0.2, 0) is 17.8 Å². The van der Waals surface area contributed by atoms with Gasteiger partial charge in [-0.3, -0.25) is 19.8 Å². The Bertz CT molecular complexity index is 937. The Morgan fingerprint density at radius 2 is 1.77 bits per heavy atom. The monoisotopic (exact) mass is 424 g/mol. The van der Waals surface area contributed by atoms with E-state index in [0.29, 0.717) is 17.8 Å². The van der Waals surface area contributed by atoms with E-state index in [-0.39, 0.29) is 11.6 Å². The number of morpholine rings is 1. The van der Waals surface area contributed by atoms with Crippen molar-refractivity contribution in [3.63, 3.8) is 0 Å². The number of anilines is 1. The summed E-state index contributed by atoms with van der Waals surface area (Å²) in [4.78, 5) is 28.2. The van der Waals surface area contributed by atoms with Gasteiger partial charge in [-0.2, -0.15) is 0 Å². The molecule has 2 aromatic carbocycles. The summed E-state index contributed by atoms with van der Waals surface area (Å²) in [5, 5.41) is 14.5. The average molecular weight is 425 g/mol. The maximum absolute atomic E-state index is 12.7. The van der Waals surface area contributed by atoms with Crippen LogP contribution in [0.1, 0.15) is 34.3 Å². The second-order valence-corrected chi connectivity index (χ2v) is 8.05. The summed E-state index contributed by atoms with van der Waals surface area (Å²) in [6.45, 7) is 6.23. The zero-order chi connectivity index (χ0) is 21.6. The second-order valence-electron chi connectivity index (χ2n) is 8.05. The first-order chi connectivity index (χ1) is 15.1. The predicted octanol–water partition coefficient (Wildman–Crippen LogP) is 2.96. The number of ether oxygens (including phenoxy) is 1. The summed E-state index contributed by atoms with van der Waals surface area (Å²) < 4.78 is 5.39. The quantitative estimate of drug-likeness (QED) is 0.543. The summed E-state index contributed by atoms with van der Waals surface area (Å²) in [5.74, 6) is -0.311. The van der Waals surface area contributed by atoms with Gasteiger partial charge >= 0.3 is 0 Å². The minimum Gasteiger partial charge on any atom is -0.379 e. The van der Waals surface area contributed by atoms with Gasteiger partial charge in [0, 0.05) is 50.9 Å². The fraction of sp³-hybridized carbons (Fsp3) is 0.435. The lowest BCUT2D eigenvalue weighted by Crippen LogP contribution is -2.35. The molecule has 4 rings (SSSR count). The van der Waals surface area contributed by atoms with E-state index in [1.807, 2.05) is 17.0 Å². The third kappa shape index (κ3) is 5.39. The molecule has 0 saturated carbocycles. The molecule has 2 aliphatic rings. The van der Waals surface area contributed by atoms with Crippen LogP contribution >= 0.6 is 0 Å². The number of nitro groups is 1. The van der Waals surface area contributed by atoms with Gasteiger partial charge < -0.3 is 15.0 Å². The zero-order valence-electron chi connectivity index (χ0n) is 17.6. The first kappa shape index (κ1) is 21.3. The Hall–Kier alpha value is -2.97. The second kappa shape index (κ2) is 9.89. The maximum Gasteiger partial charge on any atom is 0.293 e. The molecule has 2 aliphatic heterocycles. The molecule has 0 spiro atoms. The van der Waals surface area contributed by atoms with Crippen molar-refractivity contribution >= 4 is 17.3 Å². The number of amides is 1. The minimum atomic E-state index is -0.403. The lowest BCUT2D eigenvalue weighted by Gasteiger charge is -2.26. The molecule has 8 nitrogen and oxygen atoms in total. The van der Waals surface area contributed by atoms with Gasteiger partial charge in [0.1, 0.15) is 5.69 Å². The molecule has 2 aromatic rings. The third-order valence-corrected chi connectivity index (χ3v) is 5.84. The molecule has 2 saturated heterocycles. The molecular weight excluding hydrogens is 396 g/mol. The highest BCUT2D eigenvalue weighted by Gasteiger charge is 2.23. The van der Waals surface area contributed by atoms with Gasteiger partial charge in [0.15, 0.2) is 0 Å². The van der Waals surface area contributed by atoms with Crippen molar-refractivity contribution in [2.24, 2.45) is 0 Å². The van der Waals surface area contributed by atoms with Crippen LogP contribution in [0.4, 0.5) is 11.4 Å². The normalized spacial score (nSPS) is 17.0. The van der Waals surface area contributed by atoms with Gasteiger partial charge in [-0.05, 0) is 36.1 Å². The van der Waals surface area contributed by atoms with Crippen molar-refractivity contribution in [2.45, 2.75) is 25.9 Å². The average Bonchev–Trinajstić information content (AvgIpc) is 3.33. The van der Waals surface area contributed by atoms with Crippen molar-refractivity contribution in [3.05, 3.63) is 69.3 Å². The Morgan fingerprint density at radius 1 is 1.03 bits per heavy atom. The van der Waals surface area contributed by atoms with E-state index >= 15 is 0 Å². The van der Waals surface area contributed by atoms with Crippen molar-refractivity contribution in [1.29, 1.82) is 0 Å². The van der Waals surface area contributed by atoms with Crippen LogP contribution in [0, 0.1) is 10.1 Å². The van der Waals surface area contributed by atoms with Crippen molar-refractivity contribution in [3.8, 4) is 0 Å². The highest BCUT2D eigenvalue weighted by molar-refractivity contribution is 5.95. The van der Waals surface area contributed by atoms with E-state index < -0.39 is 4.92 Å². The summed E-state index contributed by atoms with van der Waals surface area (Å²) in [5.41, 5.74) is 3.08. The largest absolute Gasteiger partial charge is 0.379 e. The number of hydrogen-bond donors (Lipinski definition) is 1. The molecule has 0 radical (unpaired) electrons. The zero-order valence-corrected chi connectivity index (χ0v) is 17.6. The molecule has 0 aromatic heterocycles. The number of hydrogen-bond acceptors (Lipinski definition) is 6. The number of rotatable bonds is 7. The first-order valence-electron chi connectivity index (χ1n) is 10.8. The molecular formula is C23H28N4O4. The molecule has 0 bridgehead atoms. The fourth-order valence-corrected chi connectivity index (χ4v) is 4.18. The summed E-state index contributed by atoms with van der Waals surface area (Å²) in [6, 6.07) is 12.9. The van der Waals surface area contributed by atoms with Crippen LogP contribution in [0.5, 0.6) is 0 Å². The molecule has 2 fully saturated rings. The number of benzene rings is 2. The van der Waals surface area contributed by atoms with E-state index in [2.05, 4.69) is 22.3 Å². The molecule has 0 aliphatic carbocycles. The number of nitrogens with zero attached hydrogens (tertiary/aromatic N) is 3. The Balaban J connectivity index is 1.40. The smallest absolute Gasteiger partial charge is 0.293 e. The molecule has 0 unspecified atom stereocenters. The van der Waals surface area contributed by atoms with Crippen LogP contribution in [0.2, 0.25) is 0 Å². The lowest BCUT2D eigenvalue weighted by molar-refractivity contribution is -0.384. The van der Waals surface area contributed by atoms with E-state index in [1.165, 1.54) is 11.6 Å². The van der Waals surface area contributed by atoms with Crippen LogP contribution < -0.4 is 10.2 Å². The van der Waals surface area contributed by atoms with Gasteiger partial charge in [0.2, 0.25) is 0 Å². The van der Waals surface area contributed by atoms with E-state index in [9.17, 15) is 14.9 Å². The van der Waals surface area contributed by atoms with Crippen LogP contribution in [-0.4, -0.2) is 55.1 Å². The molecule has 1 amide bonds. The van der Waals surface area contributed by atoms with E-state index in [4.69, 9.17) is 4.74 Å². The number of nitro benzene ring substituents is 1. The van der Waals surface area contributed by atoms with Gasteiger partial charge in [0.25, 0.3) is 11.6 Å². The summed E-state index contributed by atoms with van der Waals surface area (Å²) in [7, 11) is 0. The van der Waals surface area contributed by atoms with Crippen molar-refractivity contribution in [2.75, 3.05) is 44.3 Å². The van der Waals surface area contributed by atoms with Crippen molar-refractivity contribution < 1.29 is 14.5 Å². The van der Waals surface area contributed by atoms with Gasteiger partial charge in [0.05, 0.1) is 18.1 Å². The number of carbonyl (C=O) groups excluding carboxylic acids is 1. The Labute approximate surface area is 181 Å². The Kier molecular flexibility index (Phi) is 6.79. The highest BCUT2D eigenvalue weighted by atomic mass is 16.6. The summed E-state index contributed by atoms with van der Waals surface area (Å²) >= 11 is 0. The minimum absolute atomic E-state index is 0.0120. The molecule has 1 N–H and O–H groups in total. The predicted molar refractivity (Wildman–Crippen MR) is 118 cm³/mol. The molecule has 164 valence electrons. The Morgan fingerprint density at radius 3 is 2.52 bits per heavy atom. The first-order valence-corrected chi connectivity index (χ1v) is 10.8. The van der Waals surface area contributed by atoms with Gasteiger partial charge in [-0.1, -0.05) is 24.3 Å². The van der Waals surface area contributed by atoms with Crippen LogP contribution in [0.15, 0.2) is 42.5 Å². The molecule has 0 atom stereocenters. The standard InChI is InChI=1S/C23H28N4O4/c28-23(20-6-7-21(22(15-20)27(29)30)26-8-1-2-9-26)24-16-18-4-3-5-19(14-18)17-25-10-12-31-13-11-25/h3-7,14-15H,1-2,8-13,16-17H2,(H,24,28). The fourth-order valence-electron chi connectivity index (χ4n) is 4.18. The number of nitrogens with one attached hydrogen (secondary N) is 1. The molecule has 8 heteroatoms. The van der Waals surface area contributed by atoms with Crippen LogP contribution in [0.25, 0.3) is 0 Å². The molecule has 2 heterocycles. The highest BCUT2D eigenvalue weighted by Crippen LogP contribution is 2.31. The van der Waals surface area contributed by atoms with Crippen molar-refractivity contribution in [1.82, 2.24) is 10.2 Å². The van der Waals surface area contributed by atoms with E-state index in [0.717, 1.165) is 64.3 Å². The van der Waals surface area contributed by atoms with Gasteiger partial charge in [-0.25, -0.2) is 0 Å². The number of carbonyl (C=O) groups is 1. The topological polar surface area (TPSA) is 88.0 Å². The summed E-state index contributed by atoms with van der Waals surface area (Å²) in [6.07, 6.45) is 2.06. The maximum atomic E-state index is 12.7. The van der Waals surface area contributed by atoms with Crippen LogP contribution in [0.3, 0.4) is 0 Å².